The highest BCUT2D eigenvalue weighted by molar-refractivity contribution is 6.07. The number of aromatic nitrogens is 2. The van der Waals surface area contributed by atoms with Gasteiger partial charge in [-0.15, -0.1) is 0 Å². The van der Waals surface area contributed by atoms with Gasteiger partial charge in [-0.05, 0) is 69.4 Å². The molecule has 2 heterocycles. The third-order valence-corrected chi connectivity index (χ3v) is 6.72. The topological polar surface area (TPSA) is 158 Å². The molecule has 3 amide bonds. The Kier molecular flexibility index (Phi) is 10.6. The van der Waals surface area contributed by atoms with Crippen LogP contribution in [0.15, 0.2) is 66.9 Å². The molecule has 2 aromatic carbocycles. The highest BCUT2D eigenvalue weighted by atomic mass is 16.2. The molecule has 226 valence electrons. The number of rotatable bonds is 13. The molecule has 0 spiro atoms. The maximum Gasteiger partial charge on any atom is 0.260 e. The van der Waals surface area contributed by atoms with Crippen LogP contribution in [0.25, 0.3) is 0 Å². The fourth-order valence-electron chi connectivity index (χ4n) is 4.50. The largest absolute Gasteiger partial charge is 0.380 e. The molecule has 1 aliphatic rings. The Morgan fingerprint density at radius 3 is 2.58 bits per heavy atom. The number of nitrogens with zero attached hydrogens (tertiary/aromatic N) is 4. The smallest absolute Gasteiger partial charge is 0.260 e. The van der Waals surface area contributed by atoms with Crippen molar-refractivity contribution < 1.29 is 14.4 Å². The average molecular weight is 586 g/mol. The number of likely N-dealkylation sites (tertiary alicyclic amines) is 1. The summed E-state index contributed by atoms with van der Waals surface area (Å²) in [6.45, 7) is 4.66. The van der Waals surface area contributed by atoms with Crippen molar-refractivity contribution in [3.8, 4) is 0 Å². The minimum Gasteiger partial charge on any atom is -0.380 e. The minimum atomic E-state index is -0.508. The van der Waals surface area contributed by atoms with Gasteiger partial charge in [0.05, 0.1) is 0 Å². The molecule has 1 saturated heterocycles. The van der Waals surface area contributed by atoms with E-state index >= 15 is 0 Å². The third-order valence-electron chi connectivity index (χ3n) is 6.72. The van der Waals surface area contributed by atoms with E-state index in [1.54, 1.807) is 30.3 Å². The maximum atomic E-state index is 13.3. The molecule has 1 atom stereocenters. The van der Waals surface area contributed by atoms with Crippen LogP contribution in [0, 0.1) is 0 Å². The first-order valence-corrected chi connectivity index (χ1v) is 14.3. The Hall–Kier alpha value is -4.97. The molecule has 12 heteroatoms. The predicted molar refractivity (Wildman–Crippen MR) is 170 cm³/mol. The molecule has 0 bridgehead atoms. The van der Waals surface area contributed by atoms with Gasteiger partial charge in [0, 0.05) is 67.1 Å². The molecular weight excluding hydrogens is 546 g/mol. The molecule has 43 heavy (non-hydrogen) atoms. The predicted octanol–water partition coefficient (Wildman–Crippen LogP) is 3.52. The van der Waals surface area contributed by atoms with Crippen LogP contribution in [-0.4, -0.2) is 83.8 Å². The van der Waals surface area contributed by atoms with Gasteiger partial charge in [0.15, 0.2) is 0 Å². The molecule has 12 nitrogen and oxygen atoms in total. The van der Waals surface area contributed by atoms with E-state index in [9.17, 15) is 14.4 Å². The summed E-state index contributed by atoms with van der Waals surface area (Å²) in [5.74, 6) is -0.147. The number of nitrogens with one attached hydrogen (secondary N) is 4. The fourth-order valence-corrected chi connectivity index (χ4v) is 4.50. The van der Waals surface area contributed by atoms with Crippen molar-refractivity contribution in [3.05, 3.63) is 78.0 Å². The first-order chi connectivity index (χ1) is 20.7. The molecule has 0 radical (unpaired) electrons. The van der Waals surface area contributed by atoms with Gasteiger partial charge in [-0.1, -0.05) is 19.1 Å². The summed E-state index contributed by atoms with van der Waals surface area (Å²) in [6, 6.07) is 14.2. The standard InChI is InChI=1S/C31H39N9O3/c1-4-15-33-29-26(19-34-31(38-29)37-22-12-10-21(11-13-22)28(32)42)30(43)36-24-8-5-7-23(18-24)35-25-14-17-40(20-25)27(41)9-6-16-39(2)3/h5-13,18-19,25,35H,4,14-17,20H2,1-3H3,(H2,32,42)(H,36,43)(H2,33,34,37,38). The summed E-state index contributed by atoms with van der Waals surface area (Å²) in [6.07, 6.45) is 6.66. The summed E-state index contributed by atoms with van der Waals surface area (Å²) in [4.78, 5) is 49.8. The number of hydrogen-bond donors (Lipinski definition) is 5. The maximum absolute atomic E-state index is 13.3. The summed E-state index contributed by atoms with van der Waals surface area (Å²) in [7, 11) is 3.92. The first kappa shape index (κ1) is 31.0. The summed E-state index contributed by atoms with van der Waals surface area (Å²) in [5.41, 5.74) is 8.14. The van der Waals surface area contributed by atoms with Gasteiger partial charge in [0.1, 0.15) is 11.4 Å². The quantitative estimate of drug-likeness (QED) is 0.189. The lowest BCUT2D eigenvalue weighted by molar-refractivity contribution is -0.125. The van der Waals surface area contributed by atoms with Crippen LogP contribution in [0.3, 0.4) is 0 Å². The van der Waals surface area contributed by atoms with E-state index < -0.39 is 5.91 Å². The van der Waals surface area contributed by atoms with Crippen molar-refractivity contribution in [1.29, 1.82) is 0 Å². The number of amides is 3. The van der Waals surface area contributed by atoms with E-state index in [1.807, 2.05) is 61.2 Å². The number of nitrogens with two attached hydrogens (primary N) is 1. The van der Waals surface area contributed by atoms with Crippen molar-refractivity contribution >= 4 is 46.5 Å². The molecule has 1 fully saturated rings. The molecule has 6 N–H and O–H groups in total. The van der Waals surface area contributed by atoms with E-state index in [-0.39, 0.29) is 17.9 Å². The van der Waals surface area contributed by atoms with E-state index in [4.69, 9.17) is 5.73 Å². The monoisotopic (exact) mass is 585 g/mol. The van der Waals surface area contributed by atoms with Gasteiger partial charge < -0.3 is 36.8 Å². The number of primary amides is 1. The molecule has 0 saturated carbocycles. The Morgan fingerprint density at radius 2 is 1.86 bits per heavy atom. The van der Waals surface area contributed by atoms with Crippen molar-refractivity contribution in [2.24, 2.45) is 5.73 Å². The van der Waals surface area contributed by atoms with Gasteiger partial charge in [-0.3, -0.25) is 14.4 Å². The zero-order chi connectivity index (χ0) is 30.8. The van der Waals surface area contributed by atoms with E-state index in [0.717, 1.165) is 25.1 Å². The lowest BCUT2D eigenvalue weighted by Crippen LogP contribution is -2.30. The molecule has 4 rings (SSSR count). The van der Waals surface area contributed by atoms with Crippen LogP contribution in [0.1, 0.15) is 40.5 Å². The van der Waals surface area contributed by atoms with Gasteiger partial charge in [0.2, 0.25) is 17.8 Å². The van der Waals surface area contributed by atoms with Gasteiger partial charge >= 0.3 is 0 Å². The molecule has 1 unspecified atom stereocenters. The molecule has 0 aliphatic carbocycles. The van der Waals surface area contributed by atoms with E-state index in [2.05, 4.69) is 31.2 Å². The lowest BCUT2D eigenvalue weighted by atomic mass is 10.2. The van der Waals surface area contributed by atoms with Crippen molar-refractivity contribution in [2.45, 2.75) is 25.8 Å². The van der Waals surface area contributed by atoms with E-state index in [0.29, 0.717) is 53.9 Å². The normalized spacial score (nSPS) is 14.6. The average Bonchev–Trinajstić information content (AvgIpc) is 3.45. The number of carbonyl (C=O) groups is 3. The van der Waals surface area contributed by atoms with Crippen molar-refractivity contribution in [3.63, 3.8) is 0 Å². The second-order valence-corrected chi connectivity index (χ2v) is 10.6. The molecular formula is C31H39N9O3. The second kappa shape index (κ2) is 14.8. The lowest BCUT2D eigenvalue weighted by Gasteiger charge is -2.17. The van der Waals surface area contributed by atoms with Crippen molar-refractivity contribution in [2.75, 3.05) is 61.5 Å². The summed E-state index contributed by atoms with van der Waals surface area (Å²) in [5, 5.41) is 12.7. The SMILES string of the molecule is CCCNc1nc(Nc2ccc(C(N)=O)cc2)ncc1C(=O)Nc1cccc(NC2CCN(C(=O)C=CCN(C)C)C2)c1. The zero-order valence-corrected chi connectivity index (χ0v) is 24.8. The van der Waals surface area contributed by atoms with E-state index in [1.165, 1.54) is 6.20 Å². The number of anilines is 5. The second-order valence-electron chi connectivity index (χ2n) is 10.6. The highest BCUT2D eigenvalue weighted by Crippen LogP contribution is 2.23. The Morgan fingerprint density at radius 1 is 1.09 bits per heavy atom. The summed E-state index contributed by atoms with van der Waals surface area (Å²) >= 11 is 0. The fraction of sp³-hybridized carbons (Fsp3) is 0.323. The Bertz CT molecular complexity index is 1460. The number of hydrogen-bond acceptors (Lipinski definition) is 9. The molecule has 1 aromatic heterocycles. The number of carbonyl (C=O) groups excluding carboxylic acids is 3. The minimum absolute atomic E-state index is 0.0177. The van der Waals surface area contributed by atoms with Crippen LogP contribution in [-0.2, 0) is 4.79 Å². The van der Waals surface area contributed by atoms with Crippen LogP contribution < -0.4 is 27.0 Å². The third kappa shape index (κ3) is 9.01. The Balaban J connectivity index is 1.39. The van der Waals surface area contributed by atoms with Crippen LogP contribution in [0.5, 0.6) is 0 Å². The molecule has 1 aliphatic heterocycles. The van der Waals surface area contributed by atoms with Crippen LogP contribution in [0.4, 0.5) is 28.8 Å². The van der Waals surface area contributed by atoms with Crippen LogP contribution in [0.2, 0.25) is 0 Å². The van der Waals surface area contributed by atoms with Gasteiger partial charge in [-0.2, -0.15) is 4.98 Å². The van der Waals surface area contributed by atoms with Gasteiger partial charge in [-0.25, -0.2) is 4.98 Å². The van der Waals surface area contributed by atoms with Gasteiger partial charge in [0.25, 0.3) is 5.91 Å². The number of likely N-dealkylation sites (N-methyl/N-ethyl adjacent to an activating group) is 1. The number of benzene rings is 2. The zero-order valence-electron chi connectivity index (χ0n) is 24.8. The van der Waals surface area contributed by atoms with Crippen molar-refractivity contribution in [1.82, 2.24) is 19.8 Å². The molecule has 3 aromatic rings. The highest BCUT2D eigenvalue weighted by Gasteiger charge is 2.25. The summed E-state index contributed by atoms with van der Waals surface area (Å²) < 4.78 is 0. The Labute approximate surface area is 251 Å². The van der Waals surface area contributed by atoms with Crippen LogP contribution >= 0.6 is 0 Å². The first-order valence-electron chi connectivity index (χ1n) is 14.3.